The Kier molecular flexibility index (Phi) is 9.87. The molecule has 0 aliphatic heterocycles. The Bertz CT molecular complexity index is 1630. The minimum Gasteiger partial charge on any atom is -0.508 e. The van der Waals surface area contributed by atoms with E-state index in [1.54, 1.807) is 24.3 Å². The van der Waals surface area contributed by atoms with Gasteiger partial charge < -0.3 is 19.3 Å². The number of amides is 2. The number of aromatic hydroxyl groups is 1. The van der Waals surface area contributed by atoms with Gasteiger partial charge in [-0.05, 0) is 34.4 Å². The largest absolute Gasteiger partial charge is 0.508 e. The van der Waals surface area contributed by atoms with E-state index in [0.29, 0.717) is 16.3 Å². The Balaban J connectivity index is 1.50. The fourth-order valence-corrected chi connectivity index (χ4v) is 4.46. The molecule has 0 spiro atoms. The molecule has 0 aromatic heterocycles. The van der Waals surface area contributed by atoms with Gasteiger partial charge in [0, 0.05) is 12.1 Å². The smallest absolute Gasteiger partial charge is 0.282 e. The maximum Gasteiger partial charge on any atom is 0.282 e. The first kappa shape index (κ1) is 29.9. The van der Waals surface area contributed by atoms with Gasteiger partial charge in [-0.15, -0.1) is 0 Å². The Morgan fingerprint density at radius 3 is 1.52 bits per heavy atom. The number of hydrazine groups is 1. The molecule has 222 valence electrons. The van der Waals surface area contributed by atoms with Gasteiger partial charge in [-0.1, -0.05) is 103 Å². The lowest BCUT2D eigenvalue weighted by atomic mass is 10.1. The molecule has 0 fully saturated rings. The lowest BCUT2D eigenvalue weighted by molar-refractivity contribution is -0.128. The molecule has 0 radical (unpaired) electrons. The Morgan fingerprint density at radius 1 is 0.591 bits per heavy atom. The fraction of sp³-hybridized carbons (Fsp3) is 0.111. The highest BCUT2D eigenvalue weighted by molar-refractivity contribution is 6.08. The first-order valence-electron chi connectivity index (χ1n) is 14.0. The van der Waals surface area contributed by atoms with E-state index in [1.807, 2.05) is 91.0 Å². The minimum absolute atomic E-state index is 0.00415. The number of ether oxygens (including phenoxy) is 3. The van der Waals surface area contributed by atoms with Crippen LogP contribution in [0.1, 0.15) is 32.6 Å². The van der Waals surface area contributed by atoms with E-state index >= 15 is 0 Å². The summed E-state index contributed by atoms with van der Waals surface area (Å²) in [7, 11) is 0. The van der Waals surface area contributed by atoms with E-state index in [2.05, 4.69) is 0 Å². The Labute approximate surface area is 255 Å². The quantitative estimate of drug-likeness (QED) is 0.101. The highest BCUT2D eigenvalue weighted by Gasteiger charge is 2.28. The van der Waals surface area contributed by atoms with Crippen molar-refractivity contribution in [3.05, 3.63) is 155 Å². The van der Waals surface area contributed by atoms with Crippen LogP contribution in [0.15, 0.2) is 127 Å². The number of imide groups is 1. The summed E-state index contributed by atoms with van der Waals surface area (Å²) in [5, 5.41) is 10.4. The maximum absolute atomic E-state index is 13.9. The molecule has 0 aliphatic rings. The standard InChI is InChI=1S/C36H32N2O6/c37-38(34(40)20-29-17-10-18-30(39)19-29)36(41)35-32(43-24-27-13-6-2-7-14-27)21-31(42-23-26-11-4-1-5-12-26)22-33(35)44-25-28-15-8-3-9-16-28/h1-19,21-22,39H,20,23-25,37H2. The molecular weight excluding hydrogens is 556 g/mol. The number of carbonyl (C=O) groups excluding carboxylic acids is 2. The van der Waals surface area contributed by atoms with Crippen molar-refractivity contribution in [1.29, 1.82) is 0 Å². The van der Waals surface area contributed by atoms with Crippen LogP contribution in [-0.2, 0) is 31.0 Å². The summed E-state index contributed by atoms with van der Waals surface area (Å²) in [6, 6.07) is 38.0. The molecule has 0 saturated heterocycles. The predicted molar refractivity (Wildman–Crippen MR) is 166 cm³/mol. The first-order valence-corrected chi connectivity index (χ1v) is 14.0. The second kappa shape index (κ2) is 14.5. The zero-order valence-electron chi connectivity index (χ0n) is 24.0. The van der Waals surface area contributed by atoms with Crippen LogP contribution in [0, 0.1) is 0 Å². The number of phenolic OH excluding ortho intramolecular Hbond substituents is 1. The molecule has 8 nitrogen and oxygen atoms in total. The highest BCUT2D eigenvalue weighted by Crippen LogP contribution is 2.37. The number of phenols is 1. The third-order valence-corrected chi connectivity index (χ3v) is 6.73. The SMILES string of the molecule is NN(C(=O)Cc1cccc(O)c1)C(=O)c1c(OCc2ccccc2)cc(OCc2ccccc2)cc1OCc1ccccc1. The maximum atomic E-state index is 13.9. The van der Waals surface area contributed by atoms with E-state index in [0.717, 1.165) is 16.7 Å². The van der Waals surface area contributed by atoms with Crippen LogP contribution in [0.4, 0.5) is 0 Å². The van der Waals surface area contributed by atoms with E-state index in [-0.39, 0.29) is 49.1 Å². The first-order chi connectivity index (χ1) is 21.5. The monoisotopic (exact) mass is 588 g/mol. The van der Waals surface area contributed by atoms with Gasteiger partial charge in [0.1, 0.15) is 48.4 Å². The van der Waals surface area contributed by atoms with Crippen molar-refractivity contribution in [1.82, 2.24) is 5.01 Å². The summed E-state index contributed by atoms with van der Waals surface area (Å²) in [4.78, 5) is 27.1. The van der Waals surface area contributed by atoms with Crippen LogP contribution in [0.5, 0.6) is 23.0 Å². The highest BCUT2D eigenvalue weighted by atomic mass is 16.5. The van der Waals surface area contributed by atoms with Crippen LogP contribution in [0.2, 0.25) is 0 Å². The van der Waals surface area contributed by atoms with Gasteiger partial charge >= 0.3 is 0 Å². The lowest BCUT2D eigenvalue weighted by Gasteiger charge is -2.21. The Hall–Kier alpha value is -5.60. The number of hydrogen-bond donors (Lipinski definition) is 2. The molecule has 2 amide bonds. The number of hydrogen-bond acceptors (Lipinski definition) is 7. The molecule has 3 N–H and O–H groups in total. The van der Waals surface area contributed by atoms with Crippen LogP contribution in [-0.4, -0.2) is 21.9 Å². The molecule has 5 aromatic carbocycles. The zero-order valence-corrected chi connectivity index (χ0v) is 24.0. The van der Waals surface area contributed by atoms with Gasteiger partial charge in [-0.25, -0.2) is 10.9 Å². The van der Waals surface area contributed by atoms with Gasteiger partial charge in [0.15, 0.2) is 0 Å². The van der Waals surface area contributed by atoms with Crippen molar-refractivity contribution in [2.24, 2.45) is 5.84 Å². The van der Waals surface area contributed by atoms with E-state index in [9.17, 15) is 14.7 Å². The summed E-state index contributed by atoms with van der Waals surface area (Å²) < 4.78 is 18.5. The molecule has 5 aromatic rings. The molecule has 5 rings (SSSR count). The molecule has 0 bridgehead atoms. The average molecular weight is 589 g/mol. The summed E-state index contributed by atoms with van der Waals surface area (Å²) >= 11 is 0. The van der Waals surface area contributed by atoms with Gasteiger partial charge in [-0.3, -0.25) is 9.59 Å². The zero-order chi connectivity index (χ0) is 30.7. The van der Waals surface area contributed by atoms with Crippen molar-refractivity contribution in [3.63, 3.8) is 0 Å². The van der Waals surface area contributed by atoms with Crippen molar-refractivity contribution in [2.75, 3.05) is 0 Å². The average Bonchev–Trinajstić information content (AvgIpc) is 3.06. The molecule has 0 saturated carbocycles. The van der Waals surface area contributed by atoms with E-state index in [4.69, 9.17) is 20.1 Å². The topological polar surface area (TPSA) is 111 Å². The minimum atomic E-state index is -0.809. The molecule has 0 heterocycles. The van der Waals surface area contributed by atoms with E-state index in [1.165, 1.54) is 12.1 Å². The summed E-state index contributed by atoms with van der Waals surface area (Å²) in [5.74, 6) is 5.36. The number of nitrogens with two attached hydrogens (primary N) is 1. The van der Waals surface area contributed by atoms with Gasteiger partial charge in [0.25, 0.3) is 5.91 Å². The third-order valence-electron chi connectivity index (χ3n) is 6.73. The van der Waals surface area contributed by atoms with Crippen LogP contribution in [0.25, 0.3) is 0 Å². The summed E-state index contributed by atoms with van der Waals surface area (Å²) in [5.41, 5.74) is 3.19. The van der Waals surface area contributed by atoms with Gasteiger partial charge in [-0.2, -0.15) is 0 Å². The number of benzene rings is 5. The van der Waals surface area contributed by atoms with Crippen LogP contribution in [0.3, 0.4) is 0 Å². The van der Waals surface area contributed by atoms with Crippen LogP contribution < -0.4 is 20.1 Å². The van der Waals surface area contributed by atoms with Gasteiger partial charge in [0.05, 0.1) is 6.42 Å². The predicted octanol–water partition coefficient (Wildman–Crippen LogP) is 6.21. The second-order valence-electron chi connectivity index (χ2n) is 10.0. The van der Waals surface area contributed by atoms with Crippen molar-refractivity contribution < 1.29 is 28.9 Å². The molecule has 0 atom stereocenters. The lowest BCUT2D eigenvalue weighted by Crippen LogP contribution is -2.43. The number of carbonyl (C=O) groups is 2. The van der Waals surface area contributed by atoms with Crippen LogP contribution >= 0.6 is 0 Å². The molecule has 8 heteroatoms. The number of nitrogens with zero attached hydrogens (tertiary/aromatic N) is 1. The molecule has 0 unspecified atom stereocenters. The number of rotatable bonds is 12. The van der Waals surface area contributed by atoms with Crippen molar-refractivity contribution in [3.8, 4) is 23.0 Å². The van der Waals surface area contributed by atoms with Crippen molar-refractivity contribution in [2.45, 2.75) is 26.2 Å². The fourth-order valence-electron chi connectivity index (χ4n) is 4.46. The molecule has 0 aliphatic carbocycles. The normalized spacial score (nSPS) is 10.6. The van der Waals surface area contributed by atoms with Crippen molar-refractivity contribution >= 4 is 11.8 Å². The second-order valence-corrected chi connectivity index (χ2v) is 10.0. The molecular formula is C36H32N2O6. The molecule has 44 heavy (non-hydrogen) atoms. The van der Waals surface area contributed by atoms with Gasteiger partial charge in [0.2, 0.25) is 5.91 Å². The summed E-state index contributed by atoms with van der Waals surface area (Å²) in [6.07, 6.45) is -0.199. The summed E-state index contributed by atoms with van der Waals surface area (Å²) in [6.45, 7) is 0.558. The third kappa shape index (κ3) is 8.02. The van der Waals surface area contributed by atoms with E-state index < -0.39 is 11.8 Å². The Morgan fingerprint density at radius 2 is 1.05 bits per heavy atom.